The zero-order chi connectivity index (χ0) is 36.5. The normalized spacial score (nSPS) is 26.5. The summed E-state index contributed by atoms with van der Waals surface area (Å²) in [6.45, 7) is 5.76. The van der Waals surface area contributed by atoms with Gasteiger partial charge in [0.15, 0.2) is 0 Å². The Bertz CT molecular complexity index is 2200. The second-order valence-corrected chi connectivity index (χ2v) is 14.5. The highest BCUT2D eigenvalue weighted by Gasteiger charge is 2.68. The van der Waals surface area contributed by atoms with E-state index in [4.69, 9.17) is 16.3 Å². The van der Waals surface area contributed by atoms with Crippen molar-refractivity contribution in [3.8, 4) is 11.5 Å². The van der Waals surface area contributed by atoms with Crippen LogP contribution in [0.5, 0.6) is 11.5 Å². The van der Waals surface area contributed by atoms with Crippen LogP contribution in [0, 0.1) is 34.9 Å². The fourth-order valence-corrected chi connectivity index (χ4v) is 9.02. The molecule has 0 radical (unpaired) electrons. The Hall–Kier alpha value is -5.54. The molecule has 2 heterocycles. The summed E-state index contributed by atoms with van der Waals surface area (Å²) >= 11 is 6.11. The maximum atomic E-state index is 14.7. The molecule has 0 spiro atoms. The van der Waals surface area contributed by atoms with E-state index >= 15 is 0 Å². The maximum absolute atomic E-state index is 14.7. The largest absolute Gasteiger partial charge is 0.508 e. The molecule has 3 fully saturated rings. The lowest BCUT2D eigenvalue weighted by Crippen LogP contribution is -2.48. The number of carbonyl (C=O) groups excluding carboxylic acids is 4. The number of amides is 4. The number of phenolic OH excluding ortho intramolecular Hbond substituents is 1. The van der Waals surface area contributed by atoms with E-state index in [0.29, 0.717) is 17.0 Å². The van der Waals surface area contributed by atoms with E-state index in [0.717, 1.165) is 27.7 Å². The van der Waals surface area contributed by atoms with Gasteiger partial charge in [-0.25, -0.2) is 9.29 Å². The van der Waals surface area contributed by atoms with Crippen molar-refractivity contribution in [2.75, 3.05) is 9.80 Å². The van der Waals surface area contributed by atoms with Gasteiger partial charge in [0.1, 0.15) is 23.9 Å². The topological polar surface area (TPSA) is 104 Å². The van der Waals surface area contributed by atoms with Crippen LogP contribution in [0.15, 0.2) is 109 Å². The van der Waals surface area contributed by atoms with Gasteiger partial charge < -0.3 is 9.84 Å². The van der Waals surface area contributed by atoms with Gasteiger partial charge in [-0.3, -0.25) is 24.1 Å². The molecule has 4 aromatic carbocycles. The number of imide groups is 2. The number of ether oxygens (including phenoxy) is 1. The second kappa shape index (κ2) is 12.6. The lowest BCUT2D eigenvalue weighted by Gasteiger charge is -2.49. The van der Waals surface area contributed by atoms with Crippen molar-refractivity contribution < 1.29 is 33.4 Å². The highest BCUT2D eigenvalue weighted by molar-refractivity contribution is 6.32. The second-order valence-electron chi connectivity index (χ2n) is 14.1. The van der Waals surface area contributed by atoms with E-state index in [1.54, 1.807) is 49.4 Å². The van der Waals surface area contributed by atoms with Crippen molar-refractivity contribution in [3.05, 3.63) is 137 Å². The summed E-state index contributed by atoms with van der Waals surface area (Å²) in [5.74, 6) is -5.97. The summed E-state index contributed by atoms with van der Waals surface area (Å²) in [4.78, 5) is 59.7. The summed E-state index contributed by atoms with van der Waals surface area (Å²) in [6, 6.07) is 25.1. The third-order valence-corrected chi connectivity index (χ3v) is 11.7. The van der Waals surface area contributed by atoms with E-state index < -0.39 is 52.6 Å². The Morgan fingerprint density at radius 1 is 0.904 bits per heavy atom. The van der Waals surface area contributed by atoms with Crippen LogP contribution in [0.1, 0.15) is 42.4 Å². The van der Waals surface area contributed by atoms with Crippen LogP contribution in [0.2, 0.25) is 5.02 Å². The average Bonchev–Trinajstić information content (AvgIpc) is 3.52. The number of phenols is 1. The molecule has 2 aliphatic carbocycles. The number of rotatable bonds is 7. The molecule has 0 aromatic heterocycles. The van der Waals surface area contributed by atoms with Gasteiger partial charge in [-0.2, -0.15) is 0 Å². The number of carbonyl (C=O) groups is 4. The Labute approximate surface area is 304 Å². The minimum Gasteiger partial charge on any atom is -0.508 e. The molecular formula is C42H34ClFN2O6. The van der Waals surface area contributed by atoms with Gasteiger partial charge in [-0.15, -0.1) is 0 Å². The molecule has 4 amide bonds. The van der Waals surface area contributed by atoms with Gasteiger partial charge in [0.25, 0.3) is 0 Å². The zero-order valence-electron chi connectivity index (χ0n) is 28.2. The Balaban J connectivity index is 1.22. The Kier molecular flexibility index (Phi) is 8.14. The smallest absolute Gasteiger partial charge is 0.241 e. The van der Waals surface area contributed by atoms with Crippen molar-refractivity contribution in [2.45, 2.75) is 32.3 Å². The van der Waals surface area contributed by atoms with Gasteiger partial charge in [0, 0.05) is 17.5 Å². The number of hydrogen-bond acceptors (Lipinski definition) is 6. The standard InChI is InChI=1S/C42H34ClFN2O6/c1-3-23-9-11-25(12-10-23)45-38(48)30-17-16-28-31(36(30)40(45)50)21-32-39(49)46(26-13-18-34(44)33(43)19-26)41(51)42(32,2)37(28)29-15-14-27(20-35(29)47)52-22-24-7-5-4-6-8-24/h3-16,18-20,30-32,36-37,47H,1,17,21-22H2,2H3. The molecule has 8 nitrogen and oxygen atoms in total. The monoisotopic (exact) mass is 716 g/mol. The molecule has 0 bridgehead atoms. The highest BCUT2D eigenvalue weighted by atomic mass is 35.5. The molecule has 1 saturated carbocycles. The van der Waals surface area contributed by atoms with Crippen LogP contribution in [0.25, 0.3) is 6.08 Å². The van der Waals surface area contributed by atoms with E-state index in [-0.39, 0.29) is 47.7 Å². The number of anilines is 2. The lowest BCUT2D eigenvalue weighted by molar-refractivity contribution is -0.131. The van der Waals surface area contributed by atoms with Crippen molar-refractivity contribution in [3.63, 3.8) is 0 Å². The summed E-state index contributed by atoms with van der Waals surface area (Å²) in [6.07, 6.45) is 3.96. The SMILES string of the molecule is C=Cc1ccc(N2C(=O)C3CC=C4C(CC5C(=O)N(c6ccc(F)c(Cl)c6)C(=O)C5(C)C4c4ccc(OCc5ccccc5)cc4O)C3C2=O)cc1. The zero-order valence-corrected chi connectivity index (χ0v) is 28.9. The van der Waals surface area contributed by atoms with E-state index in [1.807, 2.05) is 36.4 Å². The molecule has 4 aromatic rings. The van der Waals surface area contributed by atoms with Crippen molar-refractivity contribution in [1.82, 2.24) is 0 Å². The van der Waals surface area contributed by atoms with E-state index in [1.165, 1.54) is 23.1 Å². The predicted molar refractivity (Wildman–Crippen MR) is 194 cm³/mol. The maximum Gasteiger partial charge on any atom is 0.241 e. The molecule has 6 unspecified atom stereocenters. The highest BCUT2D eigenvalue weighted by Crippen LogP contribution is 2.64. The number of benzene rings is 4. The predicted octanol–water partition coefficient (Wildman–Crippen LogP) is 7.84. The minimum atomic E-state index is -1.41. The average molecular weight is 717 g/mol. The number of fused-ring (bicyclic) bond motifs is 4. The lowest BCUT2D eigenvalue weighted by atomic mass is 9.51. The van der Waals surface area contributed by atoms with Crippen LogP contribution < -0.4 is 14.5 Å². The Morgan fingerprint density at radius 2 is 1.63 bits per heavy atom. The molecular weight excluding hydrogens is 683 g/mol. The molecule has 10 heteroatoms. The van der Waals surface area contributed by atoms with Crippen LogP contribution >= 0.6 is 11.6 Å². The molecule has 6 atom stereocenters. The summed E-state index contributed by atoms with van der Waals surface area (Å²) in [7, 11) is 0. The Morgan fingerprint density at radius 3 is 2.33 bits per heavy atom. The number of nitrogens with zero attached hydrogens (tertiary/aromatic N) is 2. The molecule has 2 saturated heterocycles. The molecule has 8 rings (SSSR count). The van der Waals surface area contributed by atoms with Gasteiger partial charge >= 0.3 is 0 Å². The third kappa shape index (κ3) is 5.09. The molecule has 2 aliphatic heterocycles. The fraction of sp³-hybridized carbons (Fsp3) is 0.238. The first-order valence-corrected chi connectivity index (χ1v) is 17.5. The van der Waals surface area contributed by atoms with Crippen LogP contribution in [0.4, 0.5) is 15.8 Å². The van der Waals surface area contributed by atoms with Crippen LogP contribution in [0.3, 0.4) is 0 Å². The first-order chi connectivity index (χ1) is 25.0. The van der Waals surface area contributed by atoms with Crippen molar-refractivity contribution in [1.29, 1.82) is 0 Å². The van der Waals surface area contributed by atoms with Crippen LogP contribution in [-0.4, -0.2) is 28.7 Å². The summed E-state index contributed by atoms with van der Waals surface area (Å²) in [5, 5.41) is 11.4. The fourth-order valence-electron chi connectivity index (χ4n) is 8.84. The van der Waals surface area contributed by atoms with Gasteiger partial charge in [-0.05, 0) is 73.2 Å². The molecule has 52 heavy (non-hydrogen) atoms. The van der Waals surface area contributed by atoms with Crippen molar-refractivity contribution >= 4 is 52.7 Å². The summed E-state index contributed by atoms with van der Waals surface area (Å²) in [5.41, 5.74) is 2.05. The van der Waals surface area contributed by atoms with Crippen LogP contribution in [-0.2, 0) is 25.8 Å². The number of halogens is 2. The molecule has 4 aliphatic rings. The van der Waals surface area contributed by atoms with E-state index in [2.05, 4.69) is 6.58 Å². The van der Waals surface area contributed by atoms with Gasteiger partial charge in [0.2, 0.25) is 23.6 Å². The number of aromatic hydroxyl groups is 1. The summed E-state index contributed by atoms with van der Waals surface area (Å²) < 4.78 is 20.2. The van der Waals surface area contributed by atoms with E-state index in [9.17, 15) is 28.7 Å². The first-order valence-electron chi connectivity index (χ1n) is 17.2. The van der Waals surface area contributed by atoms with Crippen molar-refractivity contribution in [2.24, 2.45) is 29.1 Å². The van der Waals surface area contributed by atoms with Gasteiger partial charge in [0.05, 0.1) is 39.6 Å². The number of hydrogen-bond donors (Lipinski definition) is 1. The minimum absolute atomic E-state index is 0.122. The quantitative estimate of drug-likeness (QED) is 0.154. The molecule has 1 N–H and O–H groups in total. The first kappa shape index (κ1) is 33.6. The number of allylic oxidation sites excluding steroid dienone is 2. The van der Waals surface area contributed by atoms with Gasteiger partial charge in [-0.1, -0.05) is 84.4 Å². The third-order valence-electron chi connectivity index (χ3n) is 11.4. The molecule has 262 valence electrons.